The Balaban J connectivity index is 2.58. The van der Waals surface area contributed by atoms with Gasteiger partial charge in [-0.25, -0.2) is 0 Å². The number of thioether (sulfide) groups is 1. The summed E-state index contributed by atoms with van der Waals surface area (Å²) in [4.78, 5) is 0. The highest BCUT2D eigenvalue weighted by Gasteiger charge is 2.12. The first kappa shape index (κ1) is 11.5. The molecule has 1 aromatic rings. The van der Waals surface area contributed by atoms with Gasteiger partial charge >= 0.3 is 0 Å². The molecule has 1 rings (SSSR count). The van der Waals surface area contributed by atoms with Crippen molar-refractivity contribution < 1.29 is 0 Å². The molecule has 0 aliphatic carbocycles. The molecule has 0 aliphatic rings. The first-order chi connectivity index (χ1) is 6.79. The minimum Gasteiger partial charge on any atom is -0.321 e. The average molecular weight is 214 g/mol. The van der Waals surface area contributed by atoms with E-state index < -0.39 is 0 Å². The Labute approximate surface area is 89.3 Å². The highest BCUT2D eigenvalue weighted by atomic mass is 32.2. The molecule has 0 aromatic carbocycles. The van der Waals surface area contributed by atoms with E-state index in [9.17, 15) is 0 Å². The van der Waals surface area contributed by atoms with Crippen LogP contribution in [0.3, 0.4) is 0 Å². The zero-order chi connectivity index (χ0) is 10.4. The molecule has 0 amide bonds. The second-order valence-electron chi connectivity index (χ2n) is 3.27. The van der Waals surface area contributed by atoms with Crippen LogP contribution in [0.15, 0.2) is 6.33 Å². The molecule has 0 bridgehead atoms. The molecule has 4 nitrogen and oxygen atoms in total. The maximum Gasteiger partial charge on any atom is 0.149 e. The second-order valence-corrected chi connectivity index (χ2v) is 4.26. The number of nitrogens with two attached hydrogens (primary N) is 1. The molecular weight excluding hydrogens is 196 g/mol. The van der Waals surface area contributed by atoms with E-state index in [-0.39, 0.29) is 6.04 Å². The van der Waals surface area contributed by atoms with Gasteiger partial charge in [0.25, 0.3) is 0 Å². The fourth-order valence-electron chi connectivity index (χ4n) is 1.34. The quantitative estimate of drug-likeness (QED) is 0.778. The SMILES string of the molecule is CCCn1cnnc1[C@H](N)CCSC. The van der Waals surface area contributed by atoms with E-state index in [0.717, 1.165) is 31.0 Å². The molecule has 0 spiro atoms. The Morgan fingerprint density at radius 2 is 2.43 bits per heavy atom. The maximum absolute atomic E-state index is 6.02. The number of aryl methyl sites for hydroxylation is 1. The maximum atomic E-state index is 6.02. The van der Waals surface area contributed by atoms with Gasteiger partial charge in [-0.15, -0.1) is 10.2 Å². The smallest absolute Gasteiger partial charge is 0.149 e. The summed E-state index contributed by atoms with van der Waals surface area (Å²) in [7, 11) is 0. The Morgan fingerprint density at radius 1 is 1.64 bits per heavy atom. The third-order valence-corrected chi connectivity index (χ3v) is 2.72. The normalized spacial score (nSPS) is 13.1. The zero-order valence-corrected chi connectivity index (χ0v) is 9.63. The number of hydrogen-bond donors (Lipinski definition) is 1. The Morgan fingerprint density at radius 3 is 3.07 bits per heavy atom. The predicted octanol–water partition coefficient (Wildman–Crippen LogP) is 1.44. The molecular formula is C9H18N4S. The van der Waals surface area contributed by atoms with Crippen LogP contribution in [0.25, 0.3) is 0 Å². The van der Waals surface area contributed by atoms with Gasteiger partial charge < -0.3 is 10.3 Å². The zero-order valence-electron chi connectivity index (χ0n) is 8.81. The average Bonchev–Trinajstić information content (AvgIpc) is 2.63. The summed E-state index contributed by atoms with van der Waals surface area (Å²) in [6, 6.07) is 0.0245. The molecule has 0 saturated carbocycles. The van der Waals surface area contributed by atoms with E-state index in [1.54, 1.807) is 6.33 Å². The topological polar surface area (TPSA) is 56.7 Å². The van der Waals surface area contributed by atoms with Gasteiger partial charge in [0.1, 0.15) is 12.2 Å². The number of nitrogens with zero attached hydrogens (tertiary/aromatic N) is 3. The lowest BCUT2D eigenvalue weighted by Gasteiger charge is -2.11. The van der Waals surface area contributed by atoms with E-state index >= 15 is 0 Å². The van der Waals surface area contributed by atoms with Crippen molar-refractivity contribution in [1.29, 1.82) is 0 Å². The van der Waals surface area contributed by atoms with E-state index in [4.69, 9.17) is 5.73 Å². The van der Waals surface area contributed by atoms with Gasteiger partial charge in [-0.2, -0.15) is 11.8 Å². The van der Waals surface area contributed by atoms with Crippen molar-refractivity contribution >= 4 is 11.8 Å². The van der Waals surface area contributed by atoms with E-state index in [1.807, 2.05) is 16.3 Å². The Hall–Kier alpha value is -0.550. The fourth-order valence-corrected chi connectivity index (χ4v) is 1.83. The summed E-state index contributed by atoms with van der Waals surface area (Å²) in [5.74, 6) is 1.99. The third-order valence-electron chi connectivity index (χ3n) is 2.07. The van der Waals surface area contributed by atoms with Crippen molar-refractivity contribution in [3.8, 4) is 0 Å². The molecule has 1 atom stereocenters. The van der Waals surface area contributed by atoms with Crippen LogP contribution < -0.4 is 5.73 Å². The largest absolute Gasteiger partial charge is 0.321 e. The lowest BCUT2D eigenvalue weighted by Crippen LogP contribution is -2.17. The molecule has 0 fully saturated rings. The molecule has 0 unspecified atom stereocenters. The lowest BCUT2D eigenvalue weighted by atomic mass is 10.2. The fraction of sp³-hybridized carbons (Fsp3) is 0.778. The second kappa shape index (κ2) is 6.03. The minimum atomic E-state index is 0.0245. The number of hydrogen-bond acceptors (Lipinski definition) is 4. The highest BCUT2D eigenvalue weighted by molar-refractivity contribution is 7.98. The molecule has 1 aromatic heterocycles. The van der Waals surface area contributed by atoms with Crippen LogP contribution in [0.1, 0.15) is 31.6 Å². The monoisotopic (exact) mass is 214 g/mol. The van der Waals surface area contributed by atoms with Crippen molar-refractivity contribution in [2.24, 2.45) is 5.73 Å². The van der Waals surface area contributed by atoms with Crippen molar-refractivity contribution in [1.82, 2.24) is 14.8 Å². The molecule has 5 heteroatoms. The lowest BCUT2D eigenvalue weighted by molar-refractivity contribution is 0.568. The van der Waals surface area contributed by atoms with Crippen LogP contribution in [0, 0.1) is 0 Å². The van der Waals surface area contributed by atoms with Crippen molar-refractivity contribution in [3.05, 3.63) is 12.2 Å². The molecule has 0 radical (unpaired) electrons. The highest BCUT2D eigenvalue weighted by Crippen LogP contribution is 2.13. The van der Waals surface area contributed by atoms with Crippen molar-refractivity contribution in [3.63, 3.8) is 0 Å². The van der Waals surface area contributed by atoms with E-state index in [1.165, 1.54) is 0 Å². The van der Waals surface area contributed by atoms with Gasteiger partial charge in [0.05, 0.1) is 6.04 Å². The molecule has 14 heavy (non-hydrogen) atoms. The van der Waals surface area contributed by atoms with Gasteiger partial charge in [0, 0.05) is 6.54 Å². The van der Waals surface area contributed by atoms with Crippen LogP contribution in [-0.2, 0) is 6.54 Å². The van der Waals surface area contributed by atoms with Gasteiger partial charge in [-0.1, -0.05) is 6.92 Å². The molecule has 1 heterocycles. The standard InChI is InChI=1S/C9H18N4S/c1-3-5-13-7-11-12-9(13)8(10)4-6-14-2/h7-8H,3-6,10H2,1-2H3/t8-/m1/s1. The van der Waals surface area contributed by atoms with Gasteiger partial charge in [-0.3, -0.25) is 0 Å². The molecule has 80 valence electrons. The summed E-state index contributed by atoms with van der Waals surface area (Å²) < 4.78 is 2.05. The molecule has 0 saturated heterocycles. The van der Waals surface area contributed by atoms with Crippen molar-refractivity contribution in [2.75, 3.05) is 12.0 Å². The Kier molecular flexibility index (Phi) is 4.97. The minimum absolute atomic E-state index is 0.0245. The van der Waals surface area contributed by atoms with Gasteiger partial charge in [0.2, 0.25) is 0 Å². The van der Waals surface area contributed by atoms with E-state index in [2.05, 4.69) is 23.4 Å². The van der Waals surface area contributed by atoms with E-state index in [0.29, 0.717) is 0 Å². The summed E-state index contributed by atoms with van der Waals surface area (Å²) in [5, 5.41) is 7.96. The molecule has 0 aliphatic heterocycles. The first-order valence-corrected chi connectivity index (χ1v) is 6.31. The molecule has 2 N–H and O–H groups in total. The van der Waals surface area contributed by atoms with Gasteiger partial charge in [-0.05, 0) is 24.9 Å². The van der Waals surface area contributed by atoms with Gasteiger partial charge in [0.15, 0.2) is 0 Å². The predicted molar refractivity (Wildman–Crippen MR) is 60.2 cm³/mol. The third kappa shape index (κ3) is 2.99. The van der Waals surface area contributed by atoms with Crippen LogP contribution in [0.2, 0.25) is 0 Å². The number of aromatic nitrogens is 3. The van der Waals surface area contributed by atoms with Crippen molar-refractivity contribution in [2.45, 2.75) is 32.4 Å². The Bertz CT molecular complexity index is 261. The van der Waals surface area contributed by atoms with Crippen LogP contribution >= 0.6 is 11.8 Å². The summed E-state index contributed by atoms with van der Waals surface area (Å²) >= 11 is 1.81. The van der Waals surface area contributed by atoms with Crippen LogP contribution in [0.5, 0.6) is 0 Å². The van der Waals surface area contributed by atoms with Crippen LogP contribution in [0.4, 0.5) is 0 Å². The summed E-state index contributed by atoms with van der Waals surface area (Å²) in [6.45, 7) is 3.09. The first-order valence-electron chi connectivity index (χ1n) is 4.91. The van der Waals surface area contributed by atoms with Crippen LogP contribution in [-0.4, -0.2) is 26.8 Å². The summed E-state index contributed by atoms with van der Waals surface area (Å²) in [5.41, 5.74) is 6.02. The summed E-state index contributed by atoms with van der Waals surface area (Å²) in [6.07, 6.45) is 5.89. The number of rotatable bonds is 6.